The minimum atomic E-state index is -4.28. The normalized spacial score (nSPS) is 24.1. The minimum absolute atomic E-state index is 0.0235. The fraction of sp³-hybridized carbons (Fsp3) is 0.387. The fourth-order valence-electron chi connectivity index (χ4n) is 6.20. The van der Waals surface area contributed by atoms with Crippen molar-refractivity contribution in [2.45, 2.75) is 57.3 Å². The third-order valence-electron chi connectivity index (χ3n) is 8.13. The Hall–Kier alpha value is -3.64. The van der Waals surface area contributed by atoms with E-state index in [1.165, 1.54) is 6.20 Å². The highest BCUT2D eigenvalue weighted by Gasteiger charge is 2.55. The van der Waals surface area contributed by atoms with Crippen LogP contribution in [0.3, 0.4) is 0 Å². The van der Waals surface area contributed by atoms with Gasteiger partial charge in [-0.15, -0.1) is 0 Å². The summed E-state index contributed by atoms with van der Waals surface area (Å²) in [6, 6.07) is 10.0. The third-order valence-corrected chi connectivity index (χ3v) is 8.13. The van der Waals surface area contributed by atoms with Gasteiger partial charge in [0.1, 0.15) is 23.2 Å². The number of fused-ring (bicyclic) bond motifs is 4. The lowest BCUT2D eigenvalue weighted by atomic mass is 9.61. The lowest BCUT2D eigenvalue weighted by Crippen LogP contribution is -2.58. The first-order chi connectivity index (χ1) is 19.1. The number of benzene rings is 2. The van der Waals surface area contributed by atoms with Crippen molar-refractivity contribution >= 4 is 16.7 Å². The molecule has 0 radical (unpaired) electrons. The Labute approximate surface area is 229 Å². The number of aromatic amines is 1. The molecule has 4 nitrogen and oxygen atoms in total. The van der Waals surface area contributed by atoms with Gasteiger partial charge in [0.15, 0.2) is 0 Å². The second-order valence-corrected chi connectivity index (χ2v) is 10.6. The summed E-state index contributed by atoms with van der Waals surface area (Å²) in [5.41, 5.74) is 7.67. The van der Waals surface area contributed by atoms with Crippen molar-refractivity contribution in [1.29, 1.82) is 0 Å². The van der Waals surface area contributed by atoms with Crippen LogP contribution in [-0.2, 0) is 0 Å². The van der Waals surface area contributed by atoms with Crippen molar-refractivity contribution in [3.8, 4) is 11.8 Å². The highest BCUT2D eigenvalue weighted by molar-refractivity contribution is 6.09. The summed E-state index contributed by atoms with van der Waals surface area (Å²) in [6.07, 6.45) is 2.17. The van der Waals surface area contributed by atoms with Gasteiger partial charge in [0.2, 0.25) is 0 Å². The molecular formula is C31H31F5N4. The number of nitrogens with zero attached hydrogens (tertiary/aromatic N) is 1. The molecule has 9 heteroatoms. The van der Waals surface area contributed by atoms with Crippen LogP contribution in [0.2, 0.25) is 0 Å². The summed E-state index contributed by atoms with van der Waals surface area (Å²) in [4.78, 5) is 7.25. The number of hydrogen-bond acceptors (Lipinski definition) is 2. The molecule has 0 amide bonds. The number of halogens is 5. The molecule has 210 valence electrons. The Balaban J connectivity index is 1.51. The average molecular weight is 555 g/mol. The number of nitrogens with one attached hydrogen (secondary N) is 2. The van der Waals surface area contributed by atoms with E-state index in [1.54, 1.807) is 6.08 Å². The van der Waals surface area contributed by atoms with Crippen LogP contribution in [0.1, 0.15) is 50.2 Å². The molecule has 3 aliphatic carbocycles. The van der Waals surface area contributed by atoms with Crippen molar-refractivity contribution in [2.75, 3.05) is 0 Å². The van der Waals surface area contributed by atoms with Gasteiger partial charge < -0.3 is 16.0 Å². The molecule has 0 aliphatic heterocycles. The number of allylic oxidation sites excluding steroid dienone is 1. The highest BCUT2D eigenvalue weighted by Crippen LogP contribution is 2.51. The molecule has 3 atom stereocenters. The van der Waals surface area contributed by atoms with Crippen molar-refractivity contribution in [3.63, 3.8) is 0 Å². The summed E-state index contributed by atoms with van der Waals surface area (Å²) >= 11 is 0. The number of aliphatic imine (C=N–C) groups is 1. The number of H-pyrrole nitrogens is 1. The molecule has 3 aromatic rings. The van der Waals surface area contributed by atoms with Crippen LogP contribution in [0.5, 0.6) is 0 Å². The summed E-state index contributed by atoms with van der Waals surface area (Å²) < 4.78 is 70.5. The average Bonchev–Trinajstić information content (AvgIpc) is 3.36. The first-order valence-corrected chi connectivity index (χ1v) is 13.6. The molecule has 2 aromatic carbocycles. The van der Waals surface area contributed by atoms with E-state index in [0.717, 1.165) is 30.5 Å². The third kappa shape index (κ3) is 5.92. The van der Waals surface area contributed by atoms with Crippen LogP contribution in [0.15, 0.2) is 65.4 Å². The van der Waals surface area contributed by atoms with E-state index in [2.05, 4.69) is 27.1 Å². The monoisotopic (exact) mass is 554 g/mol. The summed E-state index contributed by atoms with van der Waals surface area (Å²) in [6.45, 7) is 1.89. The van der Waals surface area contributed by atoms with Gasteiger partial charge in [0, 0.05) is 40.9 Å². The van der Waals surface area contributed by atoms with Crippen molar-refractivity contribution < 1.29 is 22.0 Å². The molecule has 0 spiro atoms. The fourth-order valence-corrected chi connectivity index (χ4v) is 6.20. The van der Waals surface area contributed by atoms with Gasteiger partial charge in [-0.05, 0) is 74.1 Å². The van der Waals surface area contributed by atoms with E-state index in [9.17, 15) is 22.0 Å². The van der Waals surface area contributed by atoms with Gasteiger partial charge in [-0.2, -0.15) is 13.2 Å². The Bertz CT molecular complexity index is 1470. The topological polar surface area (TPSA) is 66.2 Å². The van der Waals surface area contributed by atoms with E-state index in [-0.39, 0.29) is 34.3 Å². The highest BCUT2D eigenvalue weighted by atomic mass is 19.4. The lowest BCUT2D eigenvalue weighted by molar-refractivity contribution is -0.219. The largest absolute Gasteiger partial charge is 0.393 e. The first kappa shape index (κ1) is 27.9. The van der Waals surface area contributed by atoms with Crippen LogP contribution >= 0.6 is 0 Å². The molecule has 40 heavy (non-hydrogen) atoms. The maximum atomic E-state index is 14.2. The smallest absolute Gasteiger partial charge is 0.383 e. The van der Waals surface area contributed by atoms with Gasteiger partial charge in [-0.1, -0.05) is 31.0 Å². The molecule has 6 rings (SSSR count). The first-order valence-electron chi connectivity index (χ1n) is 13.6. The number of rotatable bonds is 6. The Morgan fingerprint density at radius 1 is 1.12 bits per heavy atom. The van der Waals surface area contributed by atoms with Crippen LogP contribution in [0.4, 0.5) is 22.0 Å². The SMILES string of the molecule is CCC(/C=C(/C#Cc1ccccc1)N=C(N)c1c[nH]c2c(F)cc(F)cc12)NC1C2CCC(CC2)C1C(F)(F)F. The molecule has 3 unspecified atom stereocenters. The number of aromatic nitrogens is 1. The van der Waals surface area contributed by atoms with Gasteiger partial charge in [-0.3, -0.25) is 0 Å². The number of nitrogens with two attached hydrogens (primary N) is 1. The van der Waals surface area contributed by atoms with E-state index >= 15 is 0 Å². The summed E-state index contributed by atoms with van der Waals surface area (Å²) in [5.74, 6) is 2.70. The molecule has 1 aromatic heterocycles. The molecule has 0 saturated heterocycles. The molecule has 1 heterocycles. The molecule has 2 bridgehead atoms. The quantitative estimate of drug-likeness (QED) is 0.135. The van der Waals surface area contributed by atoms with Gasteiger partial charge in [-0.25, -0.2) is 13.8 Å². The van der Waals surface area contributed by atoms with Crippen LogP contribution < -0.4 is 11.1 Å². The second-order valence-electron chi connectivity index (χ2n) is 10.6. The van der Waals surface area contributed by atoms with E-state index < -0.39 is 35.8 Å². The van der Waals surface area contributed by atoms with Gasteiger partial charge in [0.05, 0.1) is 11.4 Å². The molecule has 3 fully saturated rings. The van der Waals surface area contributed by atoms with Crippen molar-refractivity contribution in [3.05, 3.63) is 83.2 Å². The predicted molar refractivity (Wildman–Crippen MR) is 146 cm³/mol. The molecule has 3 aliphatic rings. The number of hydrogen-bond donors (Lipinski definition) is 3. The Kier molecular flexibility index (Phi) is 7.99. The zero-order valence-corrected chi connectivity index (χ0v) is 22.0. The summed E-state index contributed by atoms with van der Waals surface area (Å²) in [7, 11) is 0. The van der Waals surface area contributed by atoms with E-state index in [1.807, 2.05) is 37.3 Å². The van der Waals surface area contributed by atoms with E-state index in [4.69, 9.17) is 5.73 Å². The summed E-state index contributed by atoms with van der Waals surface area (Å²) in [5, 5.41) is 3.52. The Morgan fingerprint density at radius 2 is 1.82 bits per heavy atom. The van der Waals surface area contributed by atoms with Gasteiger partial charge in [0.25, 0.3) is 0 Å². The second kappa shape index (κ2) is 11.5. The zero-order valence-electron chi connectivity index (χ0n) is 22.0. The van der Waals surface area contributed by atoms with Crippen LogP contribution in [-0.4, -0.2) is 29.1 Å². The molecule has 4 N–H and O–H groups in total. The van der Waals surface area contributed by atoms with Crippen LogP contribution in [0.25, 0.3) is 10.9 Å². The predicted octanol–water partition coefficient (Wildman–Crippen LogP) is 6.82. The maximum Gasteiger partial charge on any atom is 0.393 e. The zero-order chi connectivity index (χ0) is 28.4. The number of alkyl halides is 3. The molecular weight excluding hydrogens is 523 g/mol. The van der Waals surface area contributed by atoms with Gasteiger partial charge >= 0.3 is 6.18 Å². The number of amidine groups is 1. The van der Waals surface area contributed by atoms with Crippen molar-refractivity contribution in [2.24, 2.45) is 28.5 Å². The maximum absolute atomic E-state index is 14.2. The van der Waals surface area contributed by atoms with Crippen molar-refractivity contribution in [1.82, 2.24) is 10.3 Å². The van der Waals surface area contributed by atoms with E-state index in [0.29, 0.717) is 24.8 Å². The van der Waals surface area contributed by atoms with Crippen LogP contribution in [0, 0.1) is 41.2 Å². The standard InChI is InChI=1S/C31H31F5N4/c1-2-22(39-28-20-11-9-19(10-12-20)27(28)31(34,35)36)16-23(13-8-18-6-4-3-5-7-18)40-30(37)25-17-38-29-24(25)14-21(32)15-26(29)33/h3-7,14-17,19-20,22,27-28,38-39H,2,9-12H2,1H3,(H2,37,40)/b23-16-. The lowest BCUT2D eigenvalue weighted by Gasteiger charge is -2.50. The Morgan fingerprint density at radius 3 is 2.50 bits per heavy atom. The minimum Gasteiger partial charge on any atom is -0.383 e. The molecule has 3 saturated carbocycles.